The molecular weight excluding hydrogens is 192 g/mol. The summed E-state index contributed by atoms with van der Waals surface area (Å²) in [6, 6.07) is 0. The van der Waals surface area contributed by atoms with Gasteiger partial charge in [0.2, 0.25) is 0 Å². The SMILES string of the molecule is CC(OCCC1CCNC1)C(=O)N(C)C. The molecule has 88 valence electrons. The Kier molecular flexibility index (Phi) is 5.05. The number of rotatable bonds is 5. The largest absolute Gasteiger partial charge is 0.369 e. The van der Waals surface area contributed by atoms with Gasteiger partial charge in [-0.2, -0.15) is 0 Å². The Labute approximate surface area is 92.0 Å². The van der Waals surface area contributed by atoms with Crippen molar-refractivity contribution in [3.8, 4) is 0 Å². The zero-order chi connectivity index (χ0) is 11.3. The molecule has 0 aromatic rings. The Morgan fingerprint density at radius 1 is 1.60 bits per heavy atom. The fourth-order valence-corrected chi connectivity index (χ4v) is 1.81. The molecule has 0 aromatic carbocycles. The Morgan fingerprint density at radius 3 is 2.87 bits per heavy atom. The van der Waals surface area contributed by atoms with Crippen LogP contribution in [0.2, 0.25) is 0 Å². The standard InChI is InChI=1S/C11H22N2O2/c1-9(11(14)13(2)3)15-7-5-10-4-6-12-8-10/h9-10,12H,4-8H2,1-3H3. The van der Waals surface area contributed by atoms with E-state index >= 15 is 0 Å². The topological polar surface area (TPSA) is 41.6 Å². The van der Waals surface area contributed by atoms with Gasteiger partial charge in [0.05, 0.1) is 0 Å². The highest BCUT2D eigenvalue weighted by Gasteiger charge is 2.17. The minimum atomic E-state index is -0.311. The highest BCUT2D eigenvalue weighted by atomic mass is 16.5. The molecule has 0 spiro atoms. The van der Waals surface area contributed by atoms with Crippen molar-refractivity contribution in [2.45, 2.75) is 25.9 Å². The highest BCUT2D eigenvalue weighted by molar-refractivity contribution is 5.79. The van der Waals surface area contributed by atoms with Crippen molar-refractivity contribution in [1.82, 2.24) is 10.2 Å². The molecule has 1 amide bonds. The average Bonchev–Trinajstić information content (AvgIpc) is 2.69. The van der Waals surface area contributed by atoms with Crippen LogP contribution in [0.4, 0.5) is 0 Å². The number of ether oxygens (including phenoxy) is 1. The van der Waals surface area contributed by atoms with E-state index in [0.717, 1.165) is 25.4 Å². The molecule has 2 unspecified atom stereocenters. The third-order valence-electron chi connectivity index (χ3n) is 2.84. The van der Waals surface area contributed by atoms with E-state index in [1.807, 2.05) is 6.92 Å². The molecule has 4 heteroatoms. The lowest BCUT2D eigenvalue weighted by Crippen LogP contribution is -2.33. The fourth-order valence-electron chi connectivity index (χ4n) is 1.81. The molecule has 15 heavy (non-hydrogen) atoms. The molecule has 4 nitrogen and oxygen atoms in total. The molecule has 2 atom stereocenters. The van der Waals surface area contributed by atoms with E-state index in [1.54, 1.807) is 19.0 Å². The van der Waals surface area contributed by atoms with Gasteiger partial charge in [0.1, 0.15) is 6.10 Å². The first-order chi connectivity index (χ1) is 7.11. The van der Waals surface area contributed by atoms with Gasteiger partial charge in [-0.05, 0) is 38.8 Å². The number of nitrogens with zero attached hydrogens (tertiary/aromatic N) is 1. The van der Waals surface area contributed by atoms with Gasteiger partial charge in [-0.3, -0.25) is 4.79 Å². The van der Waals surface area contributed by atoms with E-state index in [0.29, 0.717) is 6.61 Å². The van der Waals surface area contributed by atoms with Crippen LogP contribution in [0.3, 0.4) is 0 Å². The van der Waals surface area contributed by atoms with Crippen molar-refractivity contribution in [1.29, 1.82) is 0 Å². The molecule has 1 aliphatic heterocycles. The number of carbonyl (C=O) groups is 1. The third-order valence-corrected chi connectivity index (χ3v) is 2.84. The fraction of sp³-hybridized carbons (Fsp3) is 0.909. The van der Waals surface area contributed by atoms with Gasteiger partial charge in [-0.25, -0.2) is 0 Å². The van der Waals surface area contributed by atoms with Crippen LogP contribution < -0.4 is 5.32 Å². The van der Waals surface area contributed by atoms with Crippen molar-refractivity contribution in [2.24, 2.45) is 5.92 Å². The second-order valence-electron chi connectivity index (χ2n) is 4.39. The first-order valence-electron chi connectivity index (χ1n) is 5.64. The summed E-state index contributed by atoms with van der Waals surface area (Å²) in [5.41, 5.74) is 0. The molecule has 1 heterocycles. The summed E-state index contributed by atoms with van der Waals surface area (Å²) in [6.07, 6.45) is 1.98. The highest BCUT2D eigenvalue weighted by Crippen LogP contribution is 2.12. The predicted molar refractivity (Wildman–Crippen MR) is 59.7 cm³/mol. The molecule has 0 bridgehead atoms. The molecule has 0 aromatic heterocycles. The monoisotopic (exact) mass is 214 g/mol. The van der Waals surface area contributed by atoms with E-state index in [1.165, 1.54) is 6.42 Å². The van der Waals surface area contributed by atoms with Crippen LogP contribution in [0.25, 0.3) is 0 Å². The van der Waals surface area contributed by atoms with E-state index in [4.69, 9.17) is 4.74 Å². The second kappa shape index (κ2) is 6.08. The summed E-state index contributed by atoms with van der Waals surface area (Å²) < 4.78 is 5.51. The Balaban J connectivity index is 2.10. The Bertz CT molecular complexity index is 201. The lowest BCUT2D eigenvalue weighted by molar-refractivity contribution is -0.140. The third kappa shape index (κ3) is 4.18. The van der Waals surface area contributed by atoms with Gasteiger partial charge in [-0.15, -0.1) is 0 Å². The minimum Gasteiger partial charge on any atom is -0.369 e. The van der Waals surface area contributed by atoms with E-state index in [-0.39, 0.29) is 12.0 Å². The van der Waals surface area contributed by atoms with Gasteiger partial charge in [0.15, 0.2) is 0 Å². The predicted octanol–water partition coefficient (Wildman–Crippen LogP) is 0.479. The number of likely N-dealkylation sites (N-methyl/N-ethyl adjacent to an activating group) is 1. The maximum absolute atomic E-state index is 11.5. The maximum atomic E-state index is 11.5. The molecule has 0 radical (unpaired) electrons. The molecule has 1 fully saturated rings. The van der Waals surface area contributed by atoms with Crippen LogP contribution in [-0.2, 0) is 9.53 Å². The zero-order valence-corrected chi connectivity index (χ0v) is 9.95. The maximum Gasteiger partial charge on any atom is 0.250 e. The average molecular weight is 214 g/mol. The number of nitrogens with one attached hydrogen (secondary N) is 1. The summed E-state index contributed by atoms with van der Waals surface area (Å²) in [7, 11) is 3.51. The van der Waals surface area contributed by atoms with Crippen LogP contribution in [0.1, 0.15) is 19.8 Å². The van der Waals surface area contributed by atoms with Crippen molar-refractivity contribution in [3.05, 3.63) is 0 Å². The number of carbonyl (C=O) groups excluding carboxylic acids is 1. The van der Waals surface area contributed by atoms with Crippen LogP contribution >= 0.6 is 0 Å². The number of amides is 1. The lowest BCUT2D eigenvalue weighted by Gasteiger charge is -2.18. The van der Waals surface area contributed by atoms with Crippen molar-refractivity contribution < 1.29 is 9.53 Å². The molecule has 1 rings (SSSR count). The smallest absolute Gasteiger partial charge is 0.250 e. The van der Waals surface area contributed by atoms with Crippen molar-refractivity contribution >= 4 is 5.91 Å². The molecule has 0 saturated carbocycles. The Hall–Kier alpha value is -0.610. The molecule has 1 N–H and O–H groups in total. The van der Waals surface area contributed by atoms with Gasteiger partial charge in [0, 0.05) is 20.7 Å². The number of hydrogen-bond donors (Lipinski definition) is 1. The lowest BCUT2D eigenvalue weighted by atomic mass is 10.1. The number of hydrogen-bond acceptors (Lipinski definition) is 3. The Morgan fingerprint density at radius 2 is 2.33 bits per heavy atom. The van der Waals surface area contributed by atoms with Crippen LogP contribution in [0.15, 0.2) is 0 Å². The van der Waals surface area contributed by atoms with E-state index in [2.05, 4.69) is 5.32 Å². The summed E-state index contributed by atoms with van der Waals surface area (Å²) in [5, 5.41) is 3.32. The van der Waals surface area contributed by atoms with E-state index in [9.17, 15) is 4.79 Å². The molecule has 1 saturated heterocycles. The zero-order valence-electron chi connectivity index (χ0n) is 9.95. The molecule has 1 aliphatic rings. The normalized spacial score (nSPS) is 22.7. The summed E-state index contributed by atoms with van der Waals surface area (Å²) >= 11 is 0. The minimum absolute atomic E-state index is 0.0412. The van der Waals surface area contributed by atoms with Crippen molar-refractivity contribution in [2.75, 3.05) is 33.8 Å². The van der Waals surface area contributed by atoms with Crippen molar-refractivity contribution in [3.63, 3.8) is 0 Å². The first kappa shape index (κ1) is 12.5. The van der Waals surface area contributed by atoms with Crippen LogP contribution in [-0.4, -0.2) is 50.7 Å². The van der Waals surface area contributed by atoms with Crippen LogP contribution in [0.5, 0.6) is 0 Å². The summed E-state index contributed by atoms with van der Waals surface area (Å²) in [6.45, 7) is 4.72. The quantitative estimate of drug-likeness (QED) is 0.724. The molecule has 0 aliphatic carbocycles. The summed E-state index contributed by atoms with van der Waals surface area (Å²) in [4.78, 5) is 13.0. The molecular formula is C11H22N2O2. The van der Waals surface area contributed by atoms with Gasteiger partial charge in [0.25, 0.3) is 5.91 Å². The first-order valence-corrected chi connectivity index (χ1v) is 5.64. The second-order valence-corrected chi connectivity index (χ2v) is 4.39. The van der Waals surface area contributed by atoms with Gasteiger partial charge >= 0.3 is 0 Å². The summed E-state index contributed by atoms with van der Waals surface area (Å²) in [5.74, 6) is 0.770. The van der Waals surface area contributed by atoms with E-state index < -0.39 is 0 Å². The van der Waals surface area contributed by atoms with Crippen LogP contribution in [0, 0.1) is 5.92 Å². The van der Waals surface area contributed by atoms with Gasteiger partial charge in [-0.1, -0.05) is 0 Å². The van der Waals surface area contributed by atoms with Gasteiger partial charge < -0.3 is 15.0 Å².